The van der Waals surface area contributed by atoms with Crippen LogP contribution in [0.3, 0.4) is 0 Å². The number of nitrogen functional groups attached to an aromatic ring is 1. The lowest BCUT2D eigenvalue weighted by Gasteiger charge is -1.98. The van der Waals surface area contributed by atoms with Crippen molar-refractivity contribution in [3.05, 3.63) is 64.0 Å². The molecule has 0 aliphatic carbocycles. The number of anilines is 1. The van der Waals surface area contributed by atoms with Crippen LogP contribution in [0.2, 0.25) is 0 Å². The van der Waals surface area contributed by atoms with E-state index in [1.54, 1.807) is 6.07 Å². The number of hydrogen-bond donors (Lipinski definition) is 1. The summed E-state index contributed by atoms with van der Waals surface area (Å²) in [5.74, 6) is 0. The van der Waals surface area contributed by atoms with Gasteiger partial charge in [-0.3, -0.25) is 10.1 Å². The Hall–Kier alpha value is -2.73. The second-order valence-electron chi connectivity index (χ2n) is 4.47. The van der Waals surface area contributed by atoms with Crippen molar-refractivity contribution in [2.45, 2.75) is 0 Å². The maximum Gasteiger partial charge on any atom is 0.270 e. The second kappa shape index (κ2) is 5.34. The Bertz CT molecular complexity index is 797. The number of rotatable bonds is 3. The van der Waals surface area contributed by atoms with Gasteiger partial charge >= 0.3 is 0 Å². The molecular weight excluding hydrogens is 286 g/mol. The van der Waals surface area contributed by atoms with Crippen LogP contribution in [0, 0.1) is 10.1 Å². The largest absolute Gasteiger partial charge is 0.399 e. The summed E-state index contributed by atoms with van der Waals surface area (Å²) in [4.78, 5) is 15.0. The van der Waals surface area contributed by atoms with Gasteiger partial charge in [0.05, 0.1) is 10.6 Å². The molecule has 2 aromatic carbocycles. The minimum Gasteiger partial charge on any atom is -0.399 e. The van der Waals surface area contributed by atoms with E-state index < -0.39 is 4.92 Å². The molecule has 0 spiro atoms. The van der Waals surface area contributed by atoms with Gasteiger partial charge in [0, 0.05) is 34.3 Å². The van der Waals surface area contributed by atoms with Crippen LogP contribution < -0.4 is 5.73 Å². The zero-order chi connectivity index (χ0) is 14.8. The maximum absolute atomic E-state index is 10.8. The van der Waals surface area contributed by atoms with Gasteiger partial charge in [-0.15, -0.1) is 11.3 Å². The molecule has 1 aromatic heterocycles. The summed E-state index contributed by atoms with van der Waals surface area (Å²) in [6, 6.07) is 13.9. The Morgan fingerprint density at radius 1 is 1.10 bits per heavy atom. The molecule has 2 N–H and O–H groups in total. The third-order valence-corrected chi connectivity index (χ3v) is 3.91. The van der Waals surface area contributed by atoms with Crippen molar-refractivity contribution in [1.82, 2.24) is 4.98 Å². The van der Waals surface area contributed by atoms with Crippen molar-refractivity contribution in [2.24, 2.45) is 0 Å². The van der Waals surface area contributed by atoms with Gasteiger partial charge in [0.2, 0.25) is 0 Å². The third kappa shape index (κ3) is 2.75. The van der Waals surface area contributed by atoms with Gasteiger partial charge in [0.15, 0.2) is 0 Å². The minimum absolute atomic E-state index is 0.0664. The fourth-order valence-electron chi connectivity index (χ4n) is 1.95. The summed E-state index contributed by atoms with van der Waals surface area (Å²) >= 11 is 1.46. The lowest BCUT2D eigenvalue weighted by Crippen LogP contribution is -1.88. The highest BCUT2D eigenvalue weighted by Crippen LogP contribution is 2.30. The van der Waals surface area contributed by atoms with E-state index in [1.165, 1.54) is 23.5 Å². The summed E-state index contributed by atoms with van der Waals surface area (Å²) in [6.07, 6.45) is 0. The molecule has 0 aliphatic heterocycles. The average Bonchev–Trinajstić information content (AvgIpc) is 2.98. The molecule has 0 saturated heterocycles. The van der Waals surface area contributed by atoms with E-state index in [2.05, 4.69) is 4.98 Å². The zero-order valence-corrected chi connectivity index (χ0v) is 11.7. The molecule has 0 bridgehead atoms. The van der Waals surface area contributed by atoms with E-state index in [-0.39, 0.29) is 5.69 Å². The number of nitrogens with two attached hydrogens (primary N) is 1. The van der Waals surface area contributed by atoms with Crippen LogP contribution in [0.1, 0.15) is 0 Å². The van der Waals surface area contributed by atoms with Crippen molar-refractivity contribution >= 4 is 22.7 Å². The highest BCUT2D eigenvalue weighted by molar-refractivity contribution is 7.13. The molecule has 1 heterocycles. The predicted molar refractivity (Wildman–Crippen MR) is 84.1 cm³/mol. The number of hydrogen-bond acceptors (Lipinski definition) is 5. The number of nitro groups is 1. The lowest BCUT2D eigenvalue weighted by atomic mass is 10.1. The Morgan fingerprint density at radius 3 is 2.57 bits per heavy atom. The van der Waals surface area contributed by atoms with Gasteiger partial charge in [-0.1, -0.05) is 24.3 Å². The fraction of sp³-hybridized carbons (Fsp3) is 0. The fourth-order valence-corrected chi connectivity index (χ4v) is 2.77. The van der Waals surface area contributed by atoms with Crippen LogP contribution >= 0.6 is 11.3 Å². The highest BCUT2D eigenvalue weighted by Gasteiger charge is 2.10. The van der Waals surface area contributed by atoms with Gasteiger partial charge in [-0.25, -0.2) is 4.98 Å². The molecule has 5 nitrogen and oxygen atoms in total. The Kier molecular flexibility index (Phi) is 3.37. The van der Waals surface area contributed by atoms with Crippen molar-refractivity contribution < 1.29 is 4.92 Å². The first-order chi connectivity index (χ1) is 10.1. The van der Waals surface area contributed by atoms with E-state index in [9.17, 15) is 10.1 Å². The molecule has 0 amide bonds. The van der Waals surface area contributed by atoms with E-state index in [1.807, 2.05) is 35.7 Å². The molecule has 0 atom stereocenters. The Morgan fingerprint density at radius 2 is 1.86 bits per heavy atom. The minimum atomic E-state index is -0.405. The summed E-state index contributed by atoms with van der Waals surface area (Å²) in [5.41, 5.74) is 8.98. The van der Waals surface area contributed by atoms with E-state index in [0.717, 1.165) is 21.8 Å². The van der Waals surface area contributed by atoms with E-state index in [4.69, 9.17) is 5.73 Å². The van der Waals surface area contributed by atoms with Crippen LogP contribution in [0.4, 0.5) is 11.4 Å². The number of non-ortho nitro benzene ring substituents is 1. The number of benzene rings is 2. The van der Waals surface area contributed by atoms with Crippen LogP contribution in [0.15, 0.2) is 53.9 Å². The molecule has 0 fully saturated rings. The molecule has 3 rings (SSSR count). The first kappa shape index (κ1) is 13.3. The summed E-state index contributed by atoms with van der Waals surface area (Å²) in [5, 5.41) is 13.5. The van der Waals surface area contributed by atoms with Crippen LogP contribution in [0.5, 0.6) is 0 Å². The monoisotopic (exact) mass is 297 g/mol. The summed E-state index contributed by atoms with van der Waals surface area (Å²) in [7, 11) is 0. The van der Waals surface area contributed by atoms with Crippen LogP contribution in [0.25, 0.3) is 21.8 Å². The van der Waals surface area contributed by atoms with Crippen molar-refractivity contribution in [3.8, 4) is 21.8 Å². The molecule has 0 radical (unpaired) electrons. The van der Waals surface area contributed by atoms with Crippen LogP contribution in [-0.4, -0.2) is 9.91 Å². The normalized spacial score (nSPS) is 10.5. The van der Waals surface area contributed by atoms with Gasteiger partial charge in [0.25, 0.3) is 5.69 Å². The summed E-state index contributed by atoms with van der Waals surface area (Å²) in [6.45, 7) is 0. The first-order valence-corrected chi connectivity index (χ1v) is 7.08. The van der Waals surface area contributed by atoms with Crippen molar-refractivity contribution in [3.63, 3.8) is 0 Å². The summed E-state index contributed by atoms with van der Waals surface area (Å²) < 4.78 is 0. The van der Waals surface area contributed by atoms with Crippen LogP contribution in [-0.2, 0) is 0 Å². The van der Waals surface area contributed by atoms with Crippen molar-refractivity contribution in [2.75, 3.05) is 5.73 Å². The smallest absolute Gasteiger partial charge is 0.270 e. The molecule has 104 valence electrons. The van der Waals surface area contributed by atoms with Crippen molar-refractivity contribution in [1.29, 1.82) is 0 Å². The lowest BCUT2D eigenvalue weighted by molar-refractivity contribution is -0.384. The number of nitrogens with zero attached hydrogens (tertiary/aromatic N) is 2. The van der Waals surface area contributed by atoms with Gasteiger partial charge in [0.1, 0.15) is 5.01 Å². The topological polar surface area (TPSA) is 82.0 Å². The Labute approximate surface area is 124 Å². The number of nitro benzene ring substituents is 1. The predicted octanol–water partition coefficient (Wildman–Crippen LogP) is 3.97. The highest BCUT2D eigenvalue weighted by atomic mass is 32.1. The second-order valence-corrected chi connectivity index (χ2v) is 5.33. The Balaban J connectivity index is 1.96. The van der Waals surface area contributed by atoms with Gasteiger partial charge < -0.3 is 5.73 Å². The zero-order valence-electron chi connectivity index (χ0n) is 10.9. The molecule has 3 aromatic rings. The maximum atomic E-state index is 10.8. The molecule has 21 heavy (non-hydrogen) atoms. The first-order valence-electron chi connectivity index (χ1n) is 6.20. The standard InChI is InChI=1S/C15H11N3O2S/c16-12-6-4-10(5-7-12)14-9-21-15(17-14)11-2-1-3-13(8-11)18(19)20/h1-9H,16H2. The molecule has 6 heteroatoms. The molecule has 0 aliphatic rings. The van der Waals surface area contributed by atoms with Gasteiger partial charge in [-0.05, 0) is 12.1 Å². The van der Waals surface area contributed by atoms with Gasteiger partial charge in [-0.2, -0.15) is 0 Å². The number of thiazole rings is 1. The SMILES string of the molecule is Nc1ccc(-c2csc(-c3cccc([N+](=O)[O-])c3)n2)cc1. The number of aromatic nitrogens is 1. The quantitative estimate of drug-likeness (QED) is 0.450. The third-order valence-electron chi connectivity index (χ3n) is 3.01. The molecular formula is C15H11N3O2S. The van der Waals surface area contributed by atoms with E-state index >= 15 is 0 Å². The molecule has 0 saturated carbocycles. The average molecular weight is 297 g/mol. The molecule has 0 unspecified atom stereocenters. The van der Waals surface area contributed by atoms with E-state index in [0.29, 0.717) is 5.69 Å².